The van der Waals surface area contributed by atoms with Crippen LogP contribution in [-0.4, -0.2) is 0 Å². The molecule has 0 N–H and O–H groups in total. The number of benzene rings is 2. The molecule has 0 spiro atoms. The second-order valence-corrected chi connectivity index (χ2v) is 7.75. The zero-order chi connectivity index (χ0) is 20.4. The van der Waals surface area contributed by atoms with Gasteiger partial charge in [0.05, 0.1) is 0 Å². The Labute approximate surface area is 155 Å². The average molecular weight is 331 g/mol. The summed E-state index contributed by atoms with van der Waals surface area (Å²) in [5, 5.41) is 0. The predicted octanol–water partition coefficient (Wildman–Crippen LogP) is 5.41. The van der Waals surface area contributed by atoms with Gasteiger partial charge in [-0.25, -0.2) is 4.57 Å². The maximum Gasteiger partial charge on any atom is 0.212 e. The SMILES string of the molecule is [2H]C([2H])([2H])c1c[n+](C)c(-c2cc3c(cc2C)C(C)(C)c2ccccc2-3)cc1C. The van der Waals surface area contributed by atoms with E-state index in [0.717, 1.165) is 16.8 Å². The largest absolute Gasteiger partial charge is 0.212 e. The Morgan fingerprint density at radius 2 is 1.60 bits per heavy atom. The van der Waals surface area contributed by atoms with E-state index in [1.165, 1.54) is 27.8 Å². The molecule has 0 saturated carbocycles. The maximum absolute atomic E-state index is 7.77. The van der Waals surface area contributed by atoms with Gasteiger partial charge in [0, 0.05) is 26.7 Å². The molecule has 0 amide bonds. The van der Waals surface area contributed by atoms with Crippen LogP contribution in [0.15, 0.2) is 48.7 Å². The molecule has 25 heavy (non-hydrogen) atoms. The Balaban J connectivity index is 1.95. The molecule has 126 valence electrons. The van der Waals surface area contributed by atoms with E-state index in [9.17, 15) is 0 Å². The average Bonchev–Trinajstić information content (AvgIpc) is 2.83. The first-order valence-corrected chi connectivity index (χ1v) is 8.78. The molecule has 0 unspecified atom stereocenters. The first-order valence-electron chi connectivity index (χ1n) is 10.3. The van der Waals surface area contributed by atoms with Crippen LogP contribution in [0.3, 0.4) is 0 Å². The number of nitrogens with zero attached hydrogens (tertiary/aromatic N) is 1. The predicted molar refractivity (Wildman–Crippen MR) is 105 cm³/mol. The number of aryl methyl sites for hydroxylation is 4. The third-order valence-corrected chi connectivity index (χ3v) is 5.69. The minimum absolute atomic E-state index is 0.0154. The molecular weight excluding hydrogens is 302 g/mol. The highest BCUT2D eigenvalue weighted by molar-refractivity contribution is 5.84. The zero-order valence-corrected chi connectivity index (χ0v) is 15.6. The van der Waals surface area contributed by atoms with E-state index in [1.54, 1.807) is 6.20 Å². The number of hydrogen-bond donors (Lipinski definition) is 0. The topological polar surface area (TPSA) is 3.88 Å². The van der Waals surface area contributed by atoms with E-state index in [2.05, 4.69) is 57.2 Å². The molecule has 1 aliphatic carbocycles. The number of rotatable bonds is 1. The van der Waals surface area contributed by atoms with Crippen molar-refractivity contribution < 1.29 is 8.68 Å². The van der Waals surface area contributed by atoms with Gasteiger partial charge < -0.3 is 0 Å². The molecule has 0 fully saturated rings. The standard InChI is InChI=1S/C24H26N/c1-15-12-23(25(6)14-17(15)3)19-13-20-18-9-7-8-10-21(18)24(4,5)22(20)11-16(19)2/h7-14H,1-6H3/q+1/i3D3. The van der Waals surface area contributed by atoms with Crippen LogP contribution in [0.2, 0.25) is 0 Å². The van der Waals surface area contributed by atoms with Crippen LogP contribution in [-0.2, 0) is 12.5 Å². The van der Waals surface area contributed by atoms with E-state index < -0.39 is 6.85 Å². The lowest BCUT2D eigenvalue weighted by molar-refractivity contribution is -0.660. The van der Waals surface area contributed by atoms with Crippen molar-refractivity contribution in [3.8, 4) is 22.4 Å². The molecule has 4 rings (SSSR count). The van der Waals surface area contributed by atoms with Gasteiger partial charge in [-0.05, 0) is 60.1 Å². The molecule has 1 aromatic heterocycles. The third-order valence-electron chi connectivity index (χ3n) is 5.69. The summed E-state index contributed by atoms with van der Waals surface area (Å²) in [5.74, 6) is 0. The van der Waals surface area contributed by atoms with Crippen molar-refractivity contribution in [2.45, 2.75) is 40.0 Å². The van der Waals surface area contributed by atoms with Crippen LogP contribution in [0.1, 0.15) is 45.8 Å². The second-order valence-electron chi connectivity index (χ2n) is 7.75. The summed E-state index contributed by atoms with van der Waals surface area (Å²) in [5.41, 5.74) is 9.86. The number of hydrogen-bond acceptors (Lipinski definition) is 0. The van der Waals surface area contributed by atoms with E-state index >= 15 is 0 Å². The Bertz CT molecular complexity index is 1110. The van der Waals surface area contributed by atoms with Crippen LogP contribution in [0.4, 0.5) is 0 Å². The summed E-state index contributed by atoms with van der Waals surface area (Å²) < 4.78 is 25.3. The van der Waals surface area contributed by atoms with Crippen molar-refractivity contribution >= 4 is 0 Å². The summed E-state index contributed by atoms with van der Waals surface area (Å²) in [6.07, 6.45) is 1.75. The summed E-state index contributed by atoms with van der Waals surface area (Å²) in [4.78, 5) is 0. The van der Waals surface area contributed by atoms with E-state index in [0.29, 0.717) is 5.56 Å². The van der Waals surface area contributed by atoms with Crippen LogP contribution in [0.25, 0.3) is 22.4 Å². The number of pyridine rings is 1. The fourth-order valence-electron chi connectivity index (χ4n) is 4.15. The van der Waals surface area contributed by atoms with Crippen molar-refractivity contribution in [3.05, 3.63) is 76.5 Å². The molecule has 0 bridgehead atoms. The molecule has 0 radical (unpaired) electrons. The van der Waals surface area contributed by atoms with Crippen molar-refractivity contribution in [2.24, 2.45) is 7.05 Å². The second kappa shape index (κ2) is 5.29. The fourth-order valence-corrected chi connectivity index (χ4v) is 4.15. The van der Waals surface area contributed by atoms with Crippen molar-refractivity contribution in [2.75, 3.05) is 0 Å². The van der Waals surface area contributed by atoms with Crippen LogP contribution < -0.4 is 4.57 Å². The molecule has 1 heteroatoms. The molecule has 1 nitrogen and oxygen atoms in total. The minimum Gasteiger partial charge on any atom is -0.201 e. The third kappa shape index (κ3) is 2.26. The Morgan fingerprint density at radius 1 is 0.840 bits per heavy atom. The minimum atomic E-state index is -2.10. The lowest BCUT2D eigenvalue weighted by atomic mass is 9.81. The quantitative estimate of drug-likeness (QED) is 0.525. The van der Waals surface area contributed by atoms with Gasteiger partial charge in [0.25, 0.3) is 0 Å². The van der Waals surface area contributed by atoms with E-state index in [1.807, 2.05) is 24.6 Å². The number of fused-ring (bicyclic) bond motifs is 3. The van der Waals surface area contributed by atoms with Gasteiger partial charge in [-0.15, -0.1) is 0 Å². The summed E-state index contributed by atoms with van der Waals surface area (Å²) in [6, 6.07) is 15.2. The lowest BCUT2D eigenvalue weighted by Gasteiger charge is -2.22. The maximum atomic E-state index is 7.77. The van der Waals surface area contributed by atoms with Crippen LogP contribution in [0.5, 0.6) is 0 Å². The highest BCUT2D eigenvalue weighted by atomic mass is 14.9. The molecule has 0 saturated heterocycles. The molecule has 2 aromatic carbocycles. The van der Waals surface area contributed by atoms with Gasteiger partial charge in [0.2, 0.25) is 5.69 Å². The normalized spacial score (nSPS) is 16.6. The zero-order valence-electron chi connectivity index (χ0n) is 18.6. The first kappa shape index (κ1) is 12.9. The van der Waals surface area contributed by atoms with Crippen LogP contribution >= 0.6 is 0 Å². The lowest BCUT2D eigenvalue weighted by Crippen LogP contribution is -2.31. The van der Waals surface area contributed by atoms with Gasteiger partial charge in [0.1, 0.15) is 7.05 Å². The highest BCUT2D eigenvalue weighted by Crippen LogP contribution is 2.50. The van der Waals surface area contributed by atoms with E-state index in [-0.39, 0.29) is 5.41 Å². The molecule has 0 aliphatic heterocycles. The summed E-state index contributed by atoms with van der Waals surface area (Å²) in [7, 11) is 1.93. The number of aromatic nitrogens is 1. The van der Waals surface area contributed by atoms with Gasteiger partial charge in [0.15, 0.2) is 6.20 Å². The molecule has 1 aliphatic rings. The van der Waals surface area contributed by atoms with Crippen molar-refractivity contribution in [1.29, 1.82) is 0 Å². The fraction of sp³-hybridized carbons (Fsp3) is 0.292. The van der Waals surface area contributed by atoms with Crippen molar-refractivity contribution in [1.82, 2.24) is 0 Å². The molecule has 3 aromatic rings. The van der Waals surface area contributed by atoms with Gasteiger partial charge >= 0.3 is 0 Å². The van der Waals surface area contributed by atoms with Gasteiger partial charge in [-0.2, -0.15) is 0 Å². The van der Waals surface area contributed by atoms with Crippen LogP contribution in [0, 0.1) is 20.7 Å². The molecule has 1 heterocycles. The Hall–Kier alpha value is -2.41. The Kier molecular flexibility index (Phi) is 2.73. The molecule has 0 atom stereocenters. The summed E-state index contributed by atoms with van der Waals surface area (Å²) in [6.45, 7) is 6.49. The highest BCUT2D eigenvalue weighted by Gasteiger charge is 2.36. The summed E-state index contributed by atoms with van der Waals surface area (Å²) >= 11 is 0. The van der Waals surface area contributed by atoms with Crippen molar-refractivity contribution in [3.63, 3.8) is 0 Å². The molecular formula is C24H26N+. The van der Waals surface area contributed by atoms with Gasteiger partial charge in [-0.1, -0.05) is 44.2 Å². The Morgan fingerprint density at radius 3 is 2.36 bits per heavy atom. The monoisotopic (exact) mass is 331 g/mol. The smallest absolute Gasteiger partial charge is 0.201 e. The van der Waals surface area contributed by atoms with Gasteiger partial charge in [-0.3, -0.25) is 0 Å². The first-order chi connectivity index (χ1) is 13.0. The van der Waals surface area contributed by atoms with E-state index in [4.69, 9.17) is 4.11 Å².